The second-order valence-corrected chi connectivity index (χ2v) is 4.22. The lowest BCUT2D eigenvalue weighted by Crippen LogP contribution is -2.08. The van der Waals surface area contributed by atoms with Crippen LogP contribution in [-0.2, 0) is 0 Å². The van der Waals surface area contributed by atoms with Gasteiger partial charge >= 0.3 is 0 Å². The predicted octanol–water partition coefficient (Wildman–Crippen LogP) is 2.55. The molecule has 0 atom stereocenters. The second kappa shape index (κ2) is 3.70. The van der Waals surface area contributed by atoms with Crippen molar-refractivity contribution < 1.29 is 4.42 Å². The third kappa shape index (κ3) is 1.67. The van der Waals surface area contributed by atoms with E-state index in [1.54, 1.807) is 6.07 Å². The molecule has 14 heavy (non-hydrogen) atoms. The molecule has 1 N–H and O–H groups in total. The zero-order valence-corrected chi connectivity index (χ0v) is 9.92. The molecule has 0 unspecified atom stereocenters. The summed E-state index contributed by atoms with van der Waals surface area (Å²) in [5.41, 5.74) is -0.238. The fraction of sp³-hybridized carbons (Fsp3) is 0. The highest BCUT2D eigenvalue weighted by molar-refractivity contribution is 9.10. The minimum Gasteiger partial charge on any atom is -0.460 e. The van der Waals surface area contributed by atoms with Gasteiger partial charge in [0.15, 0.2) is 11.6 Å². The largest absolute Gasteiger partial charge is 0.460 e. The van der Waals surface area contributed by atoms with Gasteiger partial charge in [-0.05, 0) is 37.9 Å². The van der Waals surface area contributed by atoms with E-state index in [1.165, 1.54) is 12.5 Å². The van der Waals surface area contributed by atoms with E-state index in [0.29, 0.717) is 16.1 Å². The van der Waals surface area contributed by atoms with Crippen LogP contribution in [0.1, 0.15) is 0 Å². The fourth-order valence-electron chi connectivity index (χ4n) is 0.957. The second-order valence-electron chi connectivity index (χ2n) is 2.51. The minimum atomic E-state index is -0.238. The molecule has 0 aromatic carbocycles. The Morgan fingerprint density at radius 3 is 2.71 bits per heavy atom. The van der Waals surface area contributed by atoms with Gasteiger partial charge in [-0.2, -0.15) is 0 Å². The van der Waals surface area contributed by atoms with Gasteiger partial charge in [0, 0.05) is 6.20 Å². The molecule has 6 heteroatoms. The number of halogens is 2. The third-order valence-corrected chi connectivity index (χ3v) is 2.78. The normalized spacial score (nSPS) is 10.4. The molecule has 0 aliphatic heterocycles. The van der Waals surface area contributed by atoms with Gasteiger partial charge in [0.05, 0.1) is 10.7 Å². The van der Waals surface area contributed by atoms with Crippen LogP contribution < -0.4 is 5.56 Å². The Morgan fingerprint density at radius 2 is 2.14 bits per heavy atom. The maximum Gasteiger partial charge on any atom is 0.265 e. The average molecular weight is 320 g/mol. The highest BCUT2D eigenvalue weighted by Crippen LogP contribution is 2.25. The Morgan fingerprint density at radius 1 is 1.36 bits per heavy atom. The lowest BCUT2D eigenvalue weighted by Gasteiger charge is -1.96. The van der Waals surface area contributed by atoms with E-state index >= 15 is 0 Å². The number of aromatic nitrogens is 2. The van der Waals surface area contributed by atoms with Gasteiger partial charge in [-0.25, -0.2) is 4.98 Å². The van der Waals surface area contributed by atoms with E-state index in [2.05, 4.69) is 41.8 Å². The summed E-state index contributed by atoms with van der Waals surface area (Å²) in [5, 5.41) is 0. The van der Waals surface area contributed by atoms with Gasteiger partial charge in [0.2, 0.25) is 0 Å². The summed E-state index contributed by atoms with van der Waals surface area (Å²) >= 11 is 6.34. The van der Waals surface area contributed by atoms with Gasteiger partial charge < -0.3 is 9.40 Å². The molecule has 0 bridgehead atoms. The number of nitrogens with one attached hydrogen (secondary N) is 1. The van der Waals surface area contributed by atoms with Gasteiger partial charge in [0.1, 0.15) is 4.47 Å². The number of hydrogen-bond acceptors (Lipinski definition) is 3. The van der Waals surface area contributed by atoms with Crippen molar-refractivity contribution in [3.8, 4) is 11.6 Å². The lowest BCUT2D eigenvalue weighted by atomic mass is 10.4. The maximum atomic E-state index is 11.2. The monoisotopic (exact) mass is 318 g/mol. The highest BCUT2D eigenvalue weighted by Gasteiger charge is 2.09. The Kier molecular flexibility index (Phi) is 2.56. The van der Waals surface area contributed by atoms with Crippen LogP contribution in [0.3, 0.4) is 0 Å². The first-order chi connectivity index (χ1) is 6.68. The predicted molar refractivity (Wildman–Crippen MR) is 58.0 cm³/mol. The van der Waals surface area contributed by atoms with E-state index < -0.39 is 0 Å². The summed E-state index contributed by atoms with van der Waals surface area (Å²) in [4.78, 5) is 17.8. The van der Waals surface area contributed by atoms with Gasteiger partial charge in [-0.3, -0.25) is 4.79 Å². The summed E-state index contributed by atoms with van der Waals surface area (Å²) in [6, 6.07) is 1.73. The van der Waals surface area contributed by atoms with Gasteiger partial charge in [-0.1, -0.05) is 0 Å². The van der Waals surface area contributed by atoms with Crippen molar-refractivity contribution in [1.29, 1.82) is 0 Å². The quantitative estimate of drug-likeness (QED) is 0.878. The van der Waals surface area contributed by atoms with E-state index in [-0.39, 0.29) is 5.56 Å². The van der Waals surface area contributed by atoms with Crippen LogP contribution in [0.25, 0.3) is 11.6 Å². The van der Waals surface area contributed by atoms with Crippen molar-refractivity contribution in [2.75, 3.05) is 0 Å². The van der Waals surface area contributed by atoms with E-state index in [9.17, 15) is 4.79 Å². The molecular formula is C8H4Br2N2O2. The van der Waals surface area contributed by atoms with Crippen LogP contribution in [0, 0.1) is 0 Å². The average Bonchev–Trinajstić information content (AvgIpc) is 2.57. The standard InChI is InChI=1S/C8H4Br2N2O2/c9-4-1-2-14-6(4)7-11-3-5(10)8(13)12-7/h1-3H,(H,11,12,13). The van der Waals surface area contributed by atoms with E-state index in [0.717, 1.165) is 4.47 Å². The topological polar surface area (TPSA) is 58.9 Å². The molecule has 0 radical (unpaired) electrons. The van der Waals surface area contributed by atoms with E-state index in [4.69, 9.17) is 4.42 Å². The Balaban J connectivity index is 2.59. The number of hydrogen-bond donors (Lipinski definition) is 1. The molecule has 0 aliphatic rings. The molecule has 2 aromatic rings. The number of furan rings is 1. The fourth-order valence-corrected chi connectivity index (χ4v) is 1.55. The third-order valence-electron chi connectivity index (χ3n) is 1.59. The van der Waals surface area contributed by atoms with Crippen molar-refractivity contribution >= 4 is 31.9 Å². The lowest BCUT2D eigenvalue weighted by molar-refractivity contribution is 0.575. The Labute approximate surface area is 95.6 Å². The van der Waals surface area contributed by atoms with Crippen molar-refractivity contribution in [1.82, 2.24) is 9.97 Å². The first-order valence-corrected chi connectivity index (χ1v) is 5.25. The van der Waals surface area contributed by atoms with Crippen LogP contribution in [0.2, 0.25) is 0 Å². The SMILES string of the molecule is O=c1[nH]c(-c2occc2Br)ncc1Br. The van der Waals surface area contributed by atoms with Gasteiger partial charge in [-0.15, -0.1) is 0 Å². The molecule has 0 fully saturated rings. The summed E-state index contributed by atoms with van der Waals surface area (Å²) in [7, 11) is 0. The molecule has 2 heterocycles. The van der Waals surface area contributed by atoms with Crippen LogP contribution in [0.5, 0.6) is 0 Å². The van der Waals surface area contributed by atoms with Crippen LogP contribution in [0.15, 0.2) is 36.7 Å². The molecular weight excluding hydrogens is 316 g/mol. The zero-order valence-electron chi connectivity index (χ0n) is 6.75. The first-order valence-electron chi connectivity index (χ1n) is 3.66. The zero-order chi connectivity index (χ0) is 10.1. The molecule has 0 saturated carbocycles. The van der Waals surface area contributed by atoms with Crippen molar-refractivity contribution in [2.24, 2.45) is 0 Å². The molecule has 4 nitrogen and oxygen atoms in total. The van der Waals surface area contributed by atoms with Crippen molar-refractivity contribution in [2.45, 2.75) is 0 Å². The molecule has 0 aliphatic carbocycles. The van der Waals surface area contributed by atoms with E-state index in [1.807, 2.05) is 0 Å². The number of H-pyrrole nitrogens is 1. The smallest absolute Gasteiger partial charge is 0.265 e. The molecule has 0 amide bonds. The van der Waals surface area contributed by atoms with Crippen LogP contribution in [-0.4, -0.2) is 9.97 Å². The number of aromatic amines is 1. The molecule has 72 valence electrons. The Hall–Kier alpha value is -0.880. The summed E-state index contributed by atoms with van der Waals surface area (Å²) in [5.74, 6) is 0.907. The molecule has 0 saturated heterocycles. The summed E-state index contributed by atoms with van der Waals surface area (Å²) < 4.78 is 6.30. The van der Waals surface area contributed by atoms with Crippen LogP contribution >= 0.6 is 31.9 Å². The summed E-state index contributed by atoms with van der Waals surface area (Å²) in [6.45, 7) is 0. The van der Waals surface area contributed by atoms with Crippen molar-refractivity contribution in [3.63, 3.8) is 0 Å². The number of rotatable bonds is 1. The Bertz CT molecular complexity index is 518. The van der Waals surface area contributed by atoms with Gasteiger partial charge in [0.25, 0.3) is 5.56 Å². The maximum absolute atomic E-state index is 11.2. The molecule has 0 spiro atoms. The van der Waals surface area contributed by atoms with Crippen LogP contribution in [0.4, 0.5) is 0 Å². The summed E-state index contributed by atoms with van der Waals surface area (Å²) in [6.07, 6.45) is 2.95. The molecule has 2 aromatic heterocycles. The minimum absolute atomic E-state index is 0.238. The molecule has 2 rings (SSSR count). The highest BCUT2D eigenvalue weighted by atomic mass is 79.9. The van der Waals surface area contributed by atoms with Crippen molar-refractivity contribution in [3.05, 3.63) is 37.8 Å². The first kappa shape index (κ1) is 9.67. The number of nitrogens with zero attached hydrogens (tertiary/aromatic N) is 1.